The van der Waals surface area contributed by atoms with Gasteiger partial charge in [0.1, 0.15) is 24.4 Å². The molecule has 8 rings (SSSR count). The first-order valence-corrected chi connectivity index (χ1v) is 22.4. The van der Waals surface area contributed by atoms with Gasteiger partial charge in [-0.2, -0.15) is 0 Å². The smallest absolute Gasteiger partial charge is 0.131 e. The van der Waals surface area contributed by atoms with Gasteiger partial charge in [-0.05, 0) is 127 Å². The van der Waals surface area contributed by atoms with Crippen LogP contribution in [0, 0.1) is 11.8 Å². The van der Waals surface area contributed by atoms with E-state index >= 15 is 0 Å². The average molecular weight is 794 g/mol. The van der Waals surface area contributed by atoms with Crippen molar-refractivity contribution in [2.45, 2.75) is 150 Å². The molecule has 0 saturated carbocycles. The van der Waals surface area contributed by atoms with Crippen LogP contribution in [0.4, 0.5) is 0 Å². The molecule has 59 heavy (non-hydrogen) atoms. The number of methoxy groups -OCH3 is 1. The van der Waals surface area contributed by atoms with Crippen molar-refractivity contribution < 1.29 is 14.3 Å². The maximum Gasteiger partial charge on any atom is 0.131 e. The second-order valence-corrected chi connectivity index (χ2v) is 22.5. The summed E-state index contributed by atoms with van der Waals surface area (Å²) in [5, 5.41) is 13.7. The second-order valence-electron chi connectivity index (χ2n) is 22.5. The van der Waals surface area contributed by atoms with Crippen LogP contribution in [-0.4, -0.2) is 40.8 Å². The lowest BCUT2D eigenvalue weighted by molar-refractivity contribution is -0.985. The Labute approximate surface area is 357 Å². The average Bonchev–Trinajstić information content (AvgIpc) is 3.18. The zero-order valence-corrected chi connectivity index (χ0v) is 38.9. The minimum absolute atomic E-state index is 0.00929. The lowest BCUT2D eigenvalue weighted by atomic mass is 9.70. The SMILES string of the molecule is CCC1C[N+]2(Cc3cc(-c4cc(C(C)(C)C)cc(C(C)(C)C)c4)cc(-c4cc(C(C)(C)C)cc(C(C)(C)C)c4)c3)CCC1CC2[C@H](O)c1ccnc2ccc(OC)cc12. The quantitative estimate of drug-likeness (QED) is 0.159. The minimum atomic E-state index is -0.619. The number of ether oxygens (including phenoxy) is 1. The van der Waals surface area contributed by atoms with E-state index in [1.54, 1.807) is 7.11 Å². The van der Waals surface area contributed by atoms with E-state index in [0.717, 1.165) is 52.8 Å². The number of piperidine rings is 3. The Balaban J connectivity index is 1.43. The molecule has 3 aliphatic rings. The van der Waals surface area contributed by atoms with Crippen LogP contribution in [0.3, 0.4) is 0 Å². The van der Waals surface area contributed by atoms with Crippen LogP contribution in [0.25, 0.3) is 33.2 Å². The number of nitrogens with zero attached hydrogens (tertiary/aromatic N) is 2. The van der Waals surface area contributed by atoms with E-state index in [-0.39, 0.29) is 27.7 Å². The summed E-state index contributed by atoms with van der Waals surface area (Å²) in [6.45, 7) is 33.4. The van der Waals surface area contributed by atoms with Gasteiger partial charge < -0.3 is 14.3 Å². The molecule has 2 bridgehead atoms. The Morgan fingerprint density at radius 1 is 0.678 bits per heavy atom. The molecule has 0 amide bonds. The fraction of sp³-hybridized carbons (Fsp3) is 0.509. The molecular weight excluding hydrogens is 721 g/mol. The van der Waals surface area contributed by atoms with Gasteiger partial charge >= 0.3 is 0 Å². The van der Waals surface area contributed by atoms with Gasteiger partial charge in [0.05, 0.1) is 25.7 Å². The monoisotopic (exact) mass is 794 g/mol. The molecule has 3 aliphatic heterocycles. The number of pyridine rings is 1. The predicted molar refractivity (Wildman–Crippen MR) is 249 cm³/mol. The normalized spacial score (nSPS) is 21.8. The van der Waals surface area contributed by atoms with Gasteiger partial charge in [0, 0.05) is 35.9 Å². The first-order valence-electron chi connectivity index (χ1n) is 22.4. The highest BCUT2D eigenvalue weighted by Crippen LogP contribution is 2.49. The van der Waals surface area contributed by atoms with Crippen molar-refractivity contribution in [3.8, 4) is 28.0 Å². The number of quaternary nitrogens is 1. The third kappa shape index (κ3) is 8.78. The first-order chi connectivity index (χ1) is 27.5. The van der Waals surface area contributed by atoms with Gasteiger partial charge in [0.15, 0.2) is 0 Å². The molecule has 0 radical (unpaired) electrons. The number of benzene rings is 4. The molecule has 4 nitrogen and oxygen atoms in total. The standard InChI is InChI=1S/C55H73N2O2/c1-15-36-34-57(21-19-37(36)29-50(57)51(58)47-18-20-56-49-17-16-46(59-14)32-48(47)49)33-35-22-38(40-25-42(52(2,3)4)30-43(26-40)53(5,6)7)24-39(23-35)41-27-44(54(8,9)10)31-45(28-41)55(11,12)13/h16-18,20,22-28,30-32,36-37,50-51,58H,15,19,21,29,33-34H2,1-14H3/q+1/t36?,37?,50?,51-,57?/m1/s1. The van der Waals surface area contributed by atoms with Crippen molar-refractivity contribution in [3.63, 3.8) is 0 Å². The predicted octanol–water partition coefficient (Wildman–Crippen LogP) is 13.6. The van der Waals surface area contributed by atoms with Crippen molar-refractivity contribution >= 4 is 10.9 Å². The molecule has 0 aliphatic carbocycles. The number of aliphatic hydroxyl groups is 1. The van der Waals surface area contributed by atoms with E-state index in [1.165, 1.54) is 62.9 Å². The van der Waals surface area contributed by atoms with E-state index < -0.39 is 6.10 Å². The summed E-state index contributed by atoms with van der Waals surface area (Å²) in [6, 6.07) is 30.3. The third-order valence-electron chi connectivity index (χ3n) is 14.1. The maximum absolute atomic E-state index is 12.7. The summed E-state index contributed by atoms with van der Waals surface area (Å²) in [4.78, 5) is 4.69. The molecule has 5 atom stereocenters. The zero-order valence-electron chi connectivity index (χ0n) is 38.9. The number of fused-ring (bicyclic) bond motifs is 4. The Bertz CT molecular complexity index is 2170. The summed E-state index contributed by atoms with van der Waals surface area (Å²) >= 11 is 0. The molecule has 4 aromatic carbocycles. The Morgan fingerprint density at radius 3 is 1.66 bits per heavy atom. The topological polar surface area (TPSA) is 42.4 Å². The Hall–Kier alpha value is -3.99. The number of aliphatic hydroxyl groups excluding tert-OH is 1. The fourth-order valence-electron chi connectivity index (χ4n) is 10.2. The van der Waals surface area contributed by atoms with Crippen molar-refractivity contribution in [2.24, 2.45) is 11.8 Å². The molecule has 4 unspecified atom stereocenters. The summed E-state index contributed by atoms with van der Waals surface area (Å²) in [5.41, 5.74) is 13.8. The molecule has 3 saturated heterocycles. The lowest BCUT2D eigenvalue weighted by Gasteiger charge is -2.58. The summed E-state index contributed by atoms with van der Waals surface area (Å²) < 4.78 is 6.56. The highest BCUT2D eigenvalue weighted by molar-refractivity contribution is 5.84. The third-order valence-corrected chi connectivity index (χ3v) is 14.1. The molecule has 3 fully saturated rings. The fourth-order valence-corrected chi connectivity index (χ4v) is 10.2. The van der Waals surface area contributed by atoms with Gasteiger partial charge in [-0.1, -0.05) is 126 Å². The minimum Gasteiger partial charge on any atom is -0.497 e. The number of hydrogen-bond acceptors (Lipinski definition) is 3. The van der Waals surface area contributed by atoms with Crippen molar-refractivity contribution in [1.82, 2.24) is 4.98 Å². The van der Waals surface area contributed by atoms with Crippen LogP contribution in [0.5, 0.6) is 5.75 Å². The van der Waals surface area contributed by atoms with E-state index in [2.05, 4.69) is 151 Å². The number of hydrogen-bond donors (Lipinski definition) is 1. The van der Waals surface area contributed by atoms with E-state index in [1.807, 2.05) is 24.4 Å². The van der Waals surface area contributed by atoms with Crippen LogP contribution >= 0.6 is 0 Å². The Kier molecular flexibility index (Phi) is 11.3. The number of aromatic nitrogens is 1. The van der Waals surface area contributed by atoms with Gasteiger partial charge in [-0.15, -0.1) is 0 Å². The zero-order chi connectivity index (χ0) is 42.9. The van der Waals surface area contributed by atoms with E-state index in [4.69, 9.17) is 9.72 Å². The summed E-state index contributed by atoms with van der Waals surface area (Å²) in [5.74, 6) is 2.08. The van der Waals surface area contributed by atoms with Crippen LogP contribution in [-0.2, 0) is 28.2 Å². The highest BCUT2D eigenvalue weighted by Gasteiger charge is 2.54. The summed E-state index contributed by atoms with van der Waals surface area (Å²) in [6.07, 6.45) is 4.67. The van der Waals surface area contributed by atoms with Crippen LogP contribution in [0.1, 0.15) is 149 Å². The molecule has 1 aromatic heterocycles. The van der Waals surface area contributed by atoms with Gasteiger partial charge in [0.25, 0.3) is 0 Å². The molecule has 5 aromatic rings. The van der Waals surface area contributed by atoms with Crippen LogP contribution in [0.2, 0.25) is 0 Å². The van der Waals surface area contributed by atoms with E-state index in [9.17, 15) is 5.11 Å². The van der Waals surface area contributed by atoms with E-state index in [0.29, 0.717) is 11.8 Å². The summed E-state index contributed by atoms with van der Waals surface area (Å²) in [7, 11) is 1.71. The number of rotatable bonds is 8. The lowest BCUT2D eigenvalue weighted by Crippen LogP contribution is -2.67. The molecule has 0 spiro atoms. The maximum atomic E-state index is 12.7. The molecule has 4 heterocycles. The van der Waals surface area contributed by atoms with Gasteiger partial charge in [-0.25, -0.2) is 0 Å². The van der Waals surface area contributed by atoms with Gasteiger partial charge in [0.2, 0.25) is 0 Å². The second kappa shape index (κ2) is 15.5. The van der Waals surface area contributed by atoms with Crippen molar-refractivity contribution in [3.05, 3.63) is 118 Å². The Morgan fingerprint density at radius 2 is 1.19 bits per heavy atom. The largest absolute Gasteiger partial charge is 0.497 e. The van der Waals surface area contributed by atoms with Crippen LogP contribution < -0.4 is 4.74 Å². The molecule has 4 heteroatoms. The van der Waals surface area contributed by atoms with Crippen LogP contribution in [0.15, 0.2) is 85.1 Å². The molecule has 314 valence electrons. The first kappa shape index (κ1) is 43.1. The van der Waals surface area contributed by atoms with Gasteiger partial charge in [-0.3, -0.25) is 4.98 Å². The van der Waals surface area contributed by atoms with Crippen molar-refractivity contribution in [1.29, 1.82) is 0 Å². The molecule has 1 N–H and O–H groups in total. The molecular formula is C55H73N2O2+. The van der Waals surface area contributed by atoms with Crippen molar-refractivity contribution in [2.75, 3.05) is 20.2 Å². The highest BCUT2D eigenvalue weighted by atomic mass is 16.5.